The number of hydrogen-bond donors (Lipinski definition) is 1. The third-order valence-corrected chi connectivity index (χ3v) is 5.89. The number of nitrogens with zero attached hydrogens (tertiary/aromatic N) is 2. The van der Waals surface area contributed by atoms with Gasteiger partial charge in [0.25, 0.3) is 5.56 Å². The minimum atomic E-state index is -0.917. The molecule has 0 saturated carbocycles. The van der Waals surface area contributed by atoms with Gasteiger partial charge in [0.15, 0.2) is 5.16 Å². The van der Waals surface area contributed by atoms with Crippen LogP contribution in [0.1, 0.15) is 5.56 Å². The van der Waals surface area contributed by atoms with Crippen LogP contribution in [0, 0.1) is 11.6 Å². The first-order chi connectivity index (χ1) is 14.9. The predicted molar refractivity (Wildman–Crippen MR) is 116 cm³/mol. The molecule has 1 unspecified atom stereocenters. The van der Waals surface area contributed by atoms with E-state index >= 15 is 0 Å². The number of para-hydroxylation sites is 1. The van der Waals surface area contributed by atoms with Crippen molar-refractivity contribution in [2.75, 3.05) is 0 Å². The van der Waals surface area contributed by atoms with E-state index in [0.717, 1.165) is 28.0 Å². The fourth-order valence-corrected chi connectivity index (χ4v) is 4.31. The van der Waals surface area contributed by atoms with Crippen molar-refractivity contribution in [3.63, 3.8) is 0 Å². The molecule has 1 amide bonds. The Labute approximate surface area is 180 Å². The Morgan fingerprint density at radius 3 is 2.45 bits per heavy atom. The molecule has 0 spiro atoms. The average Bonchev–Trinajstić information content (AvgIpc) is 2.75. The van der Waals surface area contributed by atoms with Crippen LogP contribution in [0.25, 0.3) is 16.6 Å². The van der Waals surface area contributed by atoms with Gasteiger partial charge in [-0.2, -0.15) is 0 Å². The highest BCUT2D eigenvalue weighted by molar-refractivity contribution is 8.00. The van der Waals surface area contributed by atoms with E-state index in [0.29, 0.717) is 18.0 Å². The number of amides is 1. The van der Waals surface area contributed by atoms with Crippen LogP contribution in [0.2, 0.25) is 0 Å². The van der Waals surface area contributed by atoms with E-state index in [9.17, 15) is 18.4 Å². The molecule has 31 heavy (non-hydrogen) atoms. The van der Waals surface area contributed by atoms with Gasteiger partial charge in [-0.25, -0.2) is 13.8 Å². The summed E-state index contributed by atoms with van der Waals surface area (Å²) < 4.78 is 29.1. The maximum absolute atomic E-state index is 14.6. The maximum Gasteiger partial charge on any atom is 0.266 e. The number of rotatable bonds is 6. The quantitative estimate of drug-likeness (QED) is 0.367. The van der Waals surface area contributed by atoms with E-state index in [1.54, 1.807) is 24.3 Å². The predicted octanol–water partition coefficient (Wildman–Crippen LogP) is 3.85. The molecule has 5 nitrogen and oxygen atoms in total. The van der Waals surface area contributed by atoms with Gasteiger partial charge in [-0.1, -0.05) is 54.2 Å². The first-order valence-electron chi connectivity index (χ1n) is 9.41. The van der Waals surface area contributed by atoms with E-state index in [1.807, 2.05) is 30.3 Å². The van der Waals surface area contributed by atoms with Crippen molar-refractivity contribution in [2.24, 2.45) is 5.73 Å². The van der Waals surface area contributed by atoms with Gasteiger partial charge < -0.3 is 5.73 Å². The summed E-state index contributed by atoms with van der Waals surface area (Å²) >= 11 is 0.972. The fraction of sp³-hybridized carbons (Fsp3) is 0.0870. The van der Waals surface area contributed by atoms with Crippen molar-refractivity contribution < 1.29 is 13.6 Å². The van der Waals surface area contributed by atoms with Gasteiger partial charge >= 0.3 is 0 Å². The average molecular weight is 437 g/mol. The van der Waals surface area contributed by atoms with Crippen LogP contribution in [0.5, 0.6) is 0 Å². The lowest BCUT2D eigenvalue weighted by atomic mass is 10.1. The minimum Gasteiger partial charge on any atom is -0.369 e. The highest BCUT2D eigenvalue weighted by Crippen LogP contribution is 2.28. The van der Waals surface area contributed by atoms with Gasteiger partial charge in [-0.15, -0.1) is 0 Å². The summed E-state index contributed by atoms with van der Waals surface area (Å²) in [5, 5.41) is -0.395. The third-order valence-electron chi connectivity index (χ3n) is 4.72. The number of aromatic nitrogens is 2. The van der Waals surface area contributed by atoms with Gasteiger partial charge in [0.05, 0.1) is 21.8 Å². The molecule has 3 aromatic carbocycles. The summed E-state index contributed by atoms with van der Waals surface area (Å²) in [5.41, 5.74) is 6.22. The summed E-state index contributed by atoms with van der Waals surface area (Å²) in [5.74, 6) is -2.28. The summed E-state index contributed by atoms with van der Waals surface area (Å²) in [4.78, 5) is 29.9. The number of thioether (sulfide) groups is 1. The molecule has 2 N–H and O–H groups in total. The molecule has 1 heterocycles. The molecule has 4 rings (SSSR count). The van der Waals surface area contributed by atoms with Gasteiger partial charge in [-0.05, 0) is 36.2 Å². The van der Waals surface area contributed by atoms with Crippen LogP contribution in [0.15, 0.2) is 82.7 Å². The van der Waals surface area contributed by atoms with Crippen molar-refractivity contribution in [3.8, 4) is 5.69 Å². The van der Waals surface area contributed by atoms with Crippen molar-refractivity contribution in [2.45, 2.75) is 16.8 Å². The molecule has 1 atom stereocenters. The van der Waals surface area contributed by atoms with Gasteiger partial charge in [0.1, 0.15) is 11.6 Å². The first-order valence-corrected chi connectivity index (χ1v) is 10.3. The Kier molecular flexibility index (Phi) is 5.81. The molecule has 0 aliphatic carbocycles. The van der Waals surface area contributed by atoms with Crippen LogP contribution in [-0.4, -0.2) is 20.7 Å². The molecule has 0 radical (unpaired) electrons. The van der Waals surface area contributed by atoms with Crippen LogP contribution in [0.3, 0.4) is 0 Å². The van der Waals surface area contributed by atoms with Crippen LogP contribution in [0.4, 0.5) is 8.78 Å². The van der Waals surface area contributed by atoms with Crippen LogP contribution >= 0.6 is 11.8 Å². The highest BCUT2D eigenvalue weighted by Gasteiger charge is 2.23. The molecule has 4 aromatic rings. The number of hydrogen-bond acceptors (Lipinski definition) is 4. The summed E-state index contributed by atoms with van der Waals surface area (Å²) in [6, 6.07) is 18.8. The fourth-order valence-electron chi connectivity index (χ4n) is 3.22. The van der Waals surface area contributed by atoms with Crippen molar-refractivity contribution >= 4 is 28.6 Å². The standard InChI is InChI=1S/C23H17F2N3O2S/c24-15-10-11-19(17(25)13-15)28-22(30)16-8-4-5-9-18(16)27-23(28)31-20(21(26)29)12-14-6-2-1-3-7-14/h1-11,13,20H,12H2,(H2,26,29). The summed E-state index contributed by atoms with van der Waals surface area (Å²) in [6.07, 6.45) is 0.301. The van der Waals surface area contributed by atoms with Crippen molar-refractivity contribution in [3.05, 3.63) is 100 Å². The SMILES string of the molecule is NC(=O)C(Cc1ccccc1)Sc1nc2ccccc2c(=O)n1-c1ccc(F)cc1F. The molecule has 0 aliphatic heterocycles. The Bertz CT molecular complexity index is 1330. The molecule has 8 heteroatoms. The second-order valence-corrected chi connectivity index (χ2v) is 8.02. The van der Waals surface area contributed by atoms with E-state index < -0.39 is 28.4 Å². The second-order valence-electron chi connectivity index (χ2n) is 6.85. The molecular formula is C23H17F2N3O2S. The van der Waals surface area contributed by atoms with Gasteiger partial charge in [0, 0.05) is 6.07 Å². The van der Waals surface area contributed by atoms with Gasteiger partial charge in [-0.3, -0.25) is 14.2 Å². The summed E-state index contributed by atoms with van der Waals surface area (Å²) in [6.45, 7) is 0. The molecule has 156 valence electrons. The third kappa shape index (κ3) is 4.34. The number of carbonyl (C=O) groups excluding carboxylic acids is 1. The molecule has 0 saturated heterocycles. The Morgan fingerprint density at radius 2 is 1.74 bits per heavy atom. The van der Waals surface area contributed by atoms with Crippen LogP contribution < -0.4 is 11.3 Å². The normalized spacial score (nSPS) is 12.1. The molecule has 0 bridgehead atoms. The number of fused-ring (bicyclic) bond motifs is 1. The lowest BCUT2D eigenvalue weighted by molar-refractivity contribution is -0.117. The molecule has 1 aromatic heterocycles. The van der Waals surface area contributed by atoms with Crippen LogP contribution in [-0.2, 0) is 11.2 Å². The summed E-state index contributed by atoms with van der Waals surface area (Å²) in [7, 11) is 0. The number of primary amides is 1. The zero-order valence-corrected chi connectivity index (χ0v) is 17.0. The maximum atomic E-state index is 14.6. The first kappa shape index (κ1) is 20.7. The molecule has 0 aliphatic rings. The second kappa shape index (κ2) is 8.69. The zero-order valence-electron chi connectivity index (χ0n) is 16.2. The number of benzene rings is 3. The largest absolute Gasteiger partial charge is 0.369 e. The van der Waals surface area contributed by atoms with Crippen molar-refractivity contribution in [1.29, 1.82) is 0 Å². The van der Waals surface area contributed by atoms with Gasteiger partial charge in [0.2, 0.25) is 5.91 Å². The lowest BCUT2D eigenvalue weighted by Gasteiger charge is -2.18. The minimum absolute atomic E-state index is 0.0916. The topological polar surface area (TPSA) is 78.0 Å². The smallest absolute Gasteiger partial charge is 0.266 e. The van der Waals surface area contributed by atoms with E-state index in [4.69, 9.17) is 5.73 Å². The molecular weight excluding hydrogens is 420 g/mol. The lowest BCUT2D eigenvalue weighted by Crippen LogP contribution is -2.30. The Hall–Kier alpha value is -3.52. The monoisotopic (exact) mass is 437 g/mol. The number of carbonyl (C=O) groups is 1. The highest BCUT2D eigenvalue weighted by atomic mass is 32.2. The Balaban J connectivity index is 1.87. The number of nitrogens with two attached hydrogens (primary N) is 1. The molecule has 0 fully saturated rings. The Morgan fingerprint density at radius 1 is 1.03 bits per heavy atom. The van der Waals surface area contributed by atoms with E-state index in [-0.39, 0.29) is 16.2 Å². The van der Waals surface area contributed by atoms with Crippen molar-refractivity contribution in [1.82, 2.24) is 9.55 Å². The zero-order chi connectivity index (χ0) is 22.0. The number of halogens is 2. The van der Waals surface area contributed by atoms with E-state index in [1.165, 1.54) is 6.07 Å². The van der Waals surface area contributed by atoms with E-state index in [2.05, 4.69) is 4.98 Å².